The Bertz CT molecular complexity index is 731. The van der Waals surface area contributed by atoms with Crippen molar-refractivity contribution in [3.63, 3.8) is 0 Å². The number of hydrogen-bond acceptors (Lipinski definition) is 4. The van der Waals surface area contributed by atoms with Crippen LogP contribution in [0.2, 0.25) is 0 Å². The molecule has 2 aromatic rings. The Kier molecular flexibility index (Phi) is 4.23. The molecule has 0 unspecified atom stereocenters. The standard InChI is InChI=1S/C14H11BrN2O4/c1-8-10(15)3-2-4-11(8)16-12-7-9(14(18)19)5-6-13(12)17(20)21/h2-7,16H,1H3,(H,18,19). The second-order valence-corrected chi connectivity index (χ2v) is 5.19. The number of nitro benzene ring substituents is 1. The molecule has 2 aromatic carbocycles. The molecule has 0 aliphatic rings. The summed E-state index contributed by atoms with van der Waals surface area (Å²) in [6, 6.07) is 9.03. The van der Waals surface area contributed by atoms with Crippen LogP contribution in [-0.4, -0.2) is 16.0 Å². The molecule has 0 aliphatic heterocycles. The summed E-state index contributed by atoms with van der Waals surface area (Å²) in [4.78, 5) is 21.5. The Morgan fingerprint density at radius 3 is 2.62 bits per heavy atom. The van der Waals surface area contributed by atoms with E-state index in [0.717, 1.165) is 10.0 Å². The number of halogens is 1. The van der Waals surface area contributed by atoms with Crippen LogP contribution >= 0.6 is 15.9 Å². The molecule has 2 rings (SSSR count). The van der Waals surface area contributed by atoms with Crippen molar-refractivity contribution in [2.45, 2.75) is 6.92 Å². The molecule has 7 heteroatoms. The summed E-state index contributed by atoms with van der Waals surface area (Å²) in [6.07, 6.45) is 0. The fourth-order valence-electron chi connectivity index (χ4n) is 1.82. The van der Waals surface area contributed by atoms with E-state index in [1.54, 1.807) is 12.1 Å². The van der Waals surface area contributed by atoms with E-state index in [4.69, 9.17) is 5.11 Å². The summed E-state index contributed by atoms with van der Waals surface area (Å²) in [6.45, 7) is 1.85. The predicted octanol–water partition coefficient (Wildman–Crippen LogP) is 4.11. The third kappa shape index (κ3) is 3.19. The maximum Gasteiger partial charge on any atom is 0.335 e. The lowest BCUT2D eigenvalue weighted by Gasteiger charge is -2.11. The van der Waals surface area contributed by atoms with Gasteiger partial charge in [0.2, 0.25) is 0 Å². The van der Waals surface area contributed by atoms with Crippen LogP contribution in [0, 0.1) is 17.0 Å². The quantitative estimate of drug-likeness (QED) is 0.639. The van der Waals surface area contributed by atoms with Crippen molar-refractivity contribution in [3.05, 3.63) is 62.1 Å². The summed E-state index contributed by atoms with van der Waals surface area (Å²) in [7, 11) is 0. The molecule has 0 amide bonds. The summed E-state index contributed by atoms with van der Waals surface area (Å²) >= 11 is 3.38. The van der Waals surface area contributed by atoms with Crippen LogP contribution in [-0.2, 0) is 0 Å². The first-order chi connectivity index (χ1) is 9.90. The van der Waals surface area contributed by atoms with Gasteiger partial charge in [0.25, 0.3) is 5.69 Å². The zero-order valence-electron chi connectivity index (χ0n) is 11.0. The fraction of sp³-hybridized carbons (Fsp3) is 0.0714. The highest BCUT2D eigenvalue weighted by atomic mass is 79.9. The van der Waals surface area contributed by atoms with Crippen molar-refractivity contribution in [1.82, 2.24) is 0 Å². The minimum absolute atomic E-state index is 0.0178. The van der Waals surface area contributed by atoms with Crippen LogP contribution in [0.25, 0.3) is 0 Å². The van der Waals surface area contributed by atoms with E-state index in [1.165, 1.54) is 18.2 Å². The van der Waals surface area contributed by atoms with Crippen molar-refractivity contribution < 1.29 is 14.8 Å². The van der Waals surface area contributed by atoms with E-state index >= 15 is 0 Å². The number of nitrogens with one attached hydrogen (secondary N) is 1. The van der Waals surface area contributed by atoms with E-state index in [-0.39, 0.29) is 16.9 Å². The van der Waals surface area contributed by atoms with Gasteiger partial charge in [-0.2, -0.15) is 0 Å². The number of rotatable bonds is 4. The SMILES string of the molecule is Cc1c(Br)cccc1Nc1cc(C(=O)O)ccc1[N+](=O)[O-]. The molecule has 0 aromatic heterocycles. The number of nitro groups is 1. The largest absolute Gasteiger partial charge is 0.478 e. The van der Waals surface area contributed by atoms with Gasteiger partial charge in [-0.15, -0.1) is 0 Å². The molecule has 108 valence electrons. The number of nitrogens with zero attached hydrogens (tertiary/aromatic N) is 1. The predicted molar refractivity (Wildman–Crippen MR) is 82.2 cm³/mol. The Hall–Kier alpha value is -2.41. The number of carboxylic acid groups (broad SMARTS) is 1. The number of benzene rings is 2. The normalized spacial score (nSPS) is 10.2. The molecule has 0 bridgehead atoms. The molecule has 21 heavy (non-hydrogen) atoms. The van der Waals surface area contributed by atoms with Crippen molar-refractivity contribution >= 4 is 39.0 Å². The molecule has 0 radical (unpaired) electrons. The van der Waals surface area contributed by atoms with Crippen LogP contribution in [0.3, 0.4) is 0 Å². The van der Waals surface area contributed by atoms with Gasteiger partial charge in [-0.1, -0.05) is 22.0 Å². The van der Waals surface area contributed by atoms with Gasteiger partial charge in [-0.3, -0.25) is 10.1 Å². The Balaban J connectivity index is 2.51. The van der Waals surface area contributed by atoms with E-state index < -0.39 is 10.9 Å². The molecular weight excluding hydrogens is 340 g/mol. The van der Waals surface area contributed by atoms with Gasteiger partial charge in [0.1, 0.15) is 5.69 Å². The first-order valence-electron chi connectivity index (χ1n) is 5.94. The van der Waals surface area contributed by atoms with Crippen molar-refractivity contribution in [2.24, 2.45) is 0 Å². The van der Waals surface area contributed by atoms with Gasteiger partial charge in [0, 0.05) is 16.2 Å². The fourth-order valence-corrected chi connectivity index (χ4v) is 2.18. The zero-order valence-corrected chi connectivity index (χ0v) is 12.5. The highest BCUT2D eigenvalue weighted by molar-refractivity contribution is 9.10. The zero-order chi connectivity index (χ0) is 15.6. The molecule has 6 nitrogen and oxygen atoms in total. The molecule has 2 N–H and O–H groups in total. The van der Waals surface area contributed by atoms with Gasteiger partial charge < -0.3 is 10.4 Å². The average Bonchev–Trinajstić information content (AvgIpc) is 2.43. The Labute approximate surface area is 128 Å². The maximum absolute atomic E-state index is 11.1. The molecule has 0 spiro atoms. The highest BCUT2D eigenvalue weighted by Gasteiger charge is 2.17. The monoisotopic (exact) mass is 350 g/mol. The first kappa shape index (κ1) is 15.0. The average molecular weight is 351 g/mol. The van der Waals surface area contributed by atoms with Crippen molar-refractivity contribution in [2.75, 3.05) is 5.32 Å². The Morgan fingerprint density at radius 1 is 1.29 bits per heavy atom. The van der Waals surface area contributed by atoms with Gasteiger partial charge >= 0.3 is 5.97 Å². The number of carboxylic acids is 1. The summed E-state index contributed by atoms with van der Waals surface area (Å²) < 4.78 is 0.851. The second-order valence-electron chi connectivity index (χ2n) is 4.33. The van der Waals surface area contributed by atoms with E-state index in [2.05, 4.69) is 21.2 Å². The minimum atomic E-state index is -1.14. The van der Waals surface area contributed by atoms with Crippen LogP contribution in [0.1, 0.15) is 15.9 Å². The van der Waals surface area contributed by atoms with Crippen LogP contribution in [0.15, 0.2) is 40.9 Å². The van der Waals surface area contributed by atoms with Gasteiger partial charge in [-0.05, 0) is 36.8 Å². The number of carbonyl (C=O) groups is 1. The van der Waals surface area contributed by atoms with Crippen molar-refractivity contribution in [1.29, 1.82) is 0 Å². The summed E-state index contributed by atoms with van der Waals surface area (Å²) in [5.41, 5.74) is 1.47. The molecule has 0 aliphatic carbocycles. The summed E-state index contributed by atoms with van der Waals surface area (Å²) in [5.74, 6) is -1.14. The minimum Gasteiger partial charge on any atom is -0.478 e. The van der Waals surface area contributed by atoms with E-state index in [0.29, 0.717) is 5.69 Å². The number of anilines is 2. The lowest BCUT2D eigenvalue weighted by atomic mass is 10.1. The molecule has 0 atom stereocenters. The van der Waals surface area contributed by atoms with Gasteiger partial charge in [0.05, 0.1) is 10.5 Å². The Morgan fingerprint density at radius 2 is 2.00 bits per heavy atom. The summed E-state index contributed by atoms with van der Waals surface area (Å²) in [5, 5.41) is 23.0. The topological polar surface area (TPSA) is 92.5 Å². The van der Waals surface area contributed by atoms with Gasteiger partial charge in [-0.25, -0.2) is 4.79 Å². The lowest BCUT2D eigenvalue weighted by molar-refractivity contribution is -0.383. The van der Waals surface area contributed by atoms with Crippen molar-refractivity contribution in [3.8, 4) is 0 Å². The second kappa shape index (κ2) is 5.92. The lowest BCUT2D eigenvalue weighted by Crippen LogP contribution is -2.02. The number of hydrogen-bond donors (Lipinski definition) is 2. The van der Waals surface area contributed by atoms with E-state index in [1.807, 2.05) is 13.0 Å². The van der Waals surface area contributed by atoms with Gasteiger partial charge in [0.15, 0.2) is 0 Å². The third-order valence-corrected chi connectivity index (χ3v) is 3.84. The third-order valence-electron chi connectivity index (χ3n) is 2.98. The molecule has 0 heterocycles. The van der Waals surface area contributed by atoms with Crippen LogP contribution < -0.4 is 5.32 Å². The van der Waals surface area contributed by atoms with E-state index in [9.17, 15) is 14.9 Å². The molecular formula is C14H11BrN2O4. The molecule has 0 fully saturated rings. The molecule has 0 saturated heterocycles. The van der Waals surface area contributed by atoms with Crippen LogP contribution in [0.4, 0.5) is 17.1 Å². The number of aromatic carboxylic acids is 1. The highest BCUT2D eigenvalue weighted by Crippen LogP contribution is 2.32. The van der Waals surface area contributed by atoms with Crippen LogP contribution in [0.5, 0.6) is 0 Å². The smallest absolute Gasteiger partial charge is 0.335 e. The first-order valence-corrected chi connectivity index (χ1v) is 6.73. The maximum atomic E-state index is 11.1. The molecule has 0 saturated carbocycles.